The fraction of sp³-hybridized carbons (Fsp3) is 0.579. The molecule has 0 spiro atoms. The minimum Gasteiger partial charge on any atom is -0.481 e. The lowest BCUT2D eigenvalue weighted by molar-refractivity contribution is -0.142. The number of piperazine rings is 1. The monoisotopic (exact) mass is 363 g/mol. The number of carbonyl (C=O) groups is 2. The van der Waals surface area contributed by atoms with E-state index in [1.165, 1.54) is 0 Å². The Morgan fingerprint density at radius 2 is 1.92 bits per heavy atom. The van der Waals surface area contributed by atoms with Gasteiger partial charge < -0.3 is 20.8 Å². The standard InChI is InChI=1S/C19H29N3O4/c1-13(18(25)26)9-16(23)15(20)10-21-11-17(24)22(12-19(21,2)3)14-7-5-4-6-8-14/h4-8,13,15-16,23H,9-12,20H2,1-3H3,(H,25,26)/t13-,15+,16+/m1/s1. The number of aliphatic carboxylic acids is 1. The minimum atomic E-state index is -0.955. The first kappa shape index (κ1) is 20.4. The zero-order valence-electron chi connectivity index (χ0n) is 15.6. The molecule has 1 heterocycles. The van der Waals surface area contributed by atoms with Gasteiger partial charge in [-0.2, -0.15) is 0 Å². The molecule has 1 amide bonds. The average molecular weight is 363 g/mol. The van der Waals surface area contributed by atoms with Gasteiger partial charge in [0.2, 0.25) is 5.91 Å². The maximum absolute atomic E-state index is 12.6. The van der Waals surface area contributed by atoms with E-state index in [1.54, 1.807) is 11.8 Å². The normalized spacial score (nSPS) is 21.3. The van der Waals surface area contributed by atoms with E-state index < -0.39 is 24.0 Å². The van der Waals surface area contributed by atoms with Crippen molar-refractivity contribution in [1.82, 2.24) is 4.90 Å². The molecule has 0 radical (unpaired) electrons. The van der Waals surface area contributed by atoms with Crippen molar-refractivity contribution in [2.24, 2.45) is 11.7 Å². The highest BCUT2D eigenvalue weighted by Gasteiger charge is 2.39. The van der Waals surface area contributed by atoms with Crippen LogP contribution in [0.25, 0.3) is 0 Å². The van der Waals surface area contributed by atoms with Crippen LogP contribution in [0.5, 0.6) is 0 Å². The molecular weight excluding hydrogens is 334 g/mol. The Labute approximate surface area is 154 Å². The van der Waals surface area contributed by atoms with E-state index in [-0.39, 0.29) is 24.4 Å². The average Bonchev–Trinajstić information content (AvgIpc) is 2.58. The lowest BCUT2D eigenvalue weighted by Crippen LogP contribution is -2.64. The summed E-state index contributed by atoms with van der Waals surface area (Å²) in [4.78, 5) is 27.3. The number of hydrogen-bond donors (Lipinski definition) is 3. The van der Waals surface area contributed by atoms with Crippen molar-refractivity contribution in [3.63, 3.8) is 0 Å². The van der Waals surface area contributed by atoms with Gasteiger partial charge >= 0.3 is 5.97 Å². The minimum absolute atomic E-state index is 0.0175. The molecule has 1 aliphatic heterocycles. The molecule has 4 N–H and O–H groups in total. The van der Waals surface area contributed by atoms with Crippen molar-refractivity contribution in [3.8, 4) is 0 Å². The second-order valence-electron chi connectivity index (χ2n) is 7.71. The van der Waals surface area contributed by atoms with Gasteiger partial charge in [0.25, 0.3) is 0 Å². The van der Waals surface area contributed by atoms with Crippen LogP contribution in [0.4, 0.5) is 5.69 Å². The number of aliphatic hydroxyl groups excluding tert-OH is 1. The Balaban J connectivity index is 2.02. The summed E-state index contributed by atoms with van der Waals surface area (Å²) in [5.41, 5.74) is 6.64. The van der Waals surface area contributed by atoms with Crippen LogP contribution in [0.1, 0.15) is 27.2 Å². The molecule has 0 unspecified atom stereocenters. The summed E-state index contributed by atoms with van der Waals surface area (Å²) in [5, 5.41) is 19.2. The van der Waals surface area contributed by atoms with E-state index in [0.29, 0.717) is 13.1 Å². The van der Waals surface area contributed by atoms with Crippen LogP contribution in [-0.2, 0) is 9.59 Å². The van der Waals surface area contributed by atoms with Crippen LogP contribution < -0.4 is 10.6 Å². The van der Waals surface area contributed by atoms with E-state index in [2.05, 4.69) is 0 Å². The lowest BCUT2D eigenvalue weighted by atomic mass is 9.94. The van der Waals surface area contributed by atoms with Gasteiger partial charge in [-0.1, -0.05) is 25.1 Å². The van der Waals surface area contributed by atoms with Gasteiger partial charge in [-0.25, -0.2) is 0 Å². The molecule has 7 nitrogen and oxygen atoms in total. The van der Waals surface area contributed by atoms with E-state index in [4.69, 9.17) is 10.8 Å². The summed E-state index contributed by atoms with van der Waals surface area (Å²) in [5.74, 6) is -1.64. The third kappa shape index (κ3) is 4.81. The van der Waals surface area contributed by atoms with Gasteiger partial charge in [0.15, 0.2) is 0 Å². The van der Waals surface area contributed by atoms with Crippen LogP contribution in [0.2, 0.25) is 0 Å². The van der Waals surface area contributed by atoms with Crippen LogP contribution in [0.3, 0.4) is 0 Å². The van der Waals surface area contributed by atoms with Crippen molar-refractivity contribution in [2.45, 2.75) is 44.9 Å². The molecule has 1 fully saturated rings. The van der Waals surface area contributed by atoms with Gasteiger partial charge in [-0.05, 0) is 32.4 Å². The fourth-order valence-electron chi connectivity index (χ4n) is 3.21. The molecule has 0 aromatic heterocycles. The van der Waals surface area contributed by atoms with Crippen molar-refractivity contribution >= 4 is 17.6 Å². The van der Waals surface area contributed by atoms with Crippen LogP contribution in [-0.4, -0.2) is 64.3 Å². The van der Waals surface area contributed by atoms with Gasteiger partial charge in [-0.3, -0.25) is 14.5 Å². The summed E-state index contributed by atoms with van der Waals surface area (Å²) in [6.07, 6.45) is -0.839. The van der Waals surface area contributed by atoms with Gasteiger partial charge in [0.1, 0.15) is 0 Å². The summed E-state index contributed by atoms with van der Waals surface area (Å²) >= 11 is 0. The van der Waals surface area contributed by atoms with Gasteiger partial charge in [-0.15, -0.1) is 0 Å². The summed E-state index contributed by atoms with van der Waals surface area (Å²) in [6.45, 7) is 6.67. The van der Waals surface area contributed by atoms with Gasteiger partial charge in [0.05, 0.1) is 18.6 Å². The highest BCUT2D eigenvalue weighted by Crippen LogP contribution is 2.26. The largest absolute Gasteiger partial charge is 0.481 e. The number of rotatable bonds is 7. The van der Waals surface area contributed by atoms with Crippen LogP contribution in [0, 0.1) is 5.92 Å². The topological polar surface area (TPSA) is 107 Å². The van der Waals surface area contributed by atoms with E-state index >= 15 is 0 Å². The number of para-hydroxylation sites is 1. The summed E-state index contributed by atoms with van der Waals surface area (Å²) in [7, 11) is 0. The van der Waals surface area contributed by atoms with Crippen LogP contribution in [0.15, 0.2) is 30.3 Å². The molecule has 7 heteroatoms. The van der Waals surface area contributed by atoms with Gasteiger partial charge in [0, 0.05) is 30.4 Å². The van der Waals surface area contributed by atoms with E-state index in [1.807, 2.05) is 49.1 Å². The molecule has 1 aliphatic rings. The number of nitrogens with two attached hydrogens (primary N) is 1. The molecule has 2 rings (SSSR count). The lowest BCUT2D eigenvalue weighted by Gasteiger charge is -2.47. The Morgan fingerprint density at radius 3 is 2.50 bits per heavy atom. The van der Waals surface area contributed by atoms with Crippen molar-refractivity contribution in [2.75, 3.05) is 24.5 Å². The Kier molecular flexibility index (Phi) is 6.39. The predicted molar refractivity (Wildman–Crippen MR) is 99.8 cm³/mol. The fourth-order valence-corrected chi connectivity index (χ4v) is 3.21. The number of carboxylic acid groups (broad SMARTS) is 1. The molecule has 144 valence electrons. The first-order valence-corrected chi connectivity index (χ1v) is 8.88. The Morgan fingerprint density at radius 1 is 1.31 bits per heavy atom. The van der Waals surface area contributed by atoms with Crippen molar-refractivity contribution in [1.29, 1.82) is 0 Å². The van der Waals surface area contributed by atoms with Crippen molar-refractivity contribution < 1.29 is 19.8 Å². The maximum Gasteiger partial charge on any atom is 0.306 e. The third-order valence-corrected chi connectivity index (χ3v) is 5.04. The predicted octanol–water partition coefficient (Wildman–Crippen LogP) is 0.913. The molecule has 1 aromatic carbocycles. The summed E-state index contributed by atoms with van der Waals surface area (Å²) < 4.78 is 0. The molecule has 3 atom stereocenters. The second-order valence-corrected chi connectivity index (χ2v) is 7.71. The number of anilines is 1. The van der Waals surface area contributed by atoms with Crippen molar-refractivity contribution in [3.05, 3.63) is 30.3 Å². The quantitative estimate of drug-likeness (QED) is 0.665. The maximum atomic E-state index is 12.6. The zero-order chi connectivity index (χ0) is 19.5. The SMILES string of the molecule is C[C@H](C[C@H](O)[C@@H](N)CN1CC(=O)N(c2ccccc2)CC1(C)C)C(=O)O. The third-order valence-electron chi connectivity index (χ3n) is 5.04. The Bertz CT molecular complexity index is 635. The highest BCUT2D eigenvalue weighted by molar-refractivity contribution is 5.95. The first-order valence-electron chi connectivity index (χ1n) is 8.88. The number of carbonyl (C=O) groups excluding carboxylic acids is 1. The van der Waals surface area contributed by atoms with E-state index in [0.717, 1.165) is 5.69 Å². The number of amides is 1. The number of benzene rings is 1. The molecule has 0 aliphatic carbocycles. The van der Waals surface area contributed by atoms with E-state index in [9.17, 15) is 14.7 Å². The number of carboxylic acids is 1. The zero-order valence-corrected chi connectivity index (χ0v) is 15.6. The molecule has 0 bridgehead atoms. The summed E-state index contributed by atoms with van der Waals surface area (Å²) in [6, 6.07) is 8.91. The molecule has 1 saturated heterocycles. The first-order chi connectivity index (χ1) is 12.1. The molecule has 26 heavy (non-hydrogen) atoms. The second kappa shape index (κ2) is 8.16. The molecule has 0 saturated carbocycles. The number of aliphatic hydroxyl groups is 1. The highest BCUT2D eigenvalue weighted by atomic mass is 16.4. The smallest absolute Gasteiger partial charge is 0.306 e. The number of hydrogen-bond acceptors (Lipinski definition) is 5. The number of nitrogens with zero attached hydrogens (tertiary/aromatic N) is 2. The van der Waals surface area contributed by atoms with Crippen LogP contribution >= 0.6 is 0 Å². The molecular formula is C19H29N3O4. The Hall–Kier alpha value is -1.96. The molecule has 1 aromatic rings.